The van der Waals surface area contributed by atoms with Crippen molar-refractivity contribution in [1.29, 1.82) is 0 Å². The molecule has 5 rings (SSSR count). The molecule has 5 aromatic rings. The molecule has 2 amide bonds. The van der Waals surface area contributed by atoms with Gasteiger partial charge in [-0.25, -0.2) is 9.78 Å². The predicted molar refractivity (Wildman–Crippen MR) is 167 cm³/mol. The zero-order valence-electron chi connectivity index (χ0n) is 25.2. The fourth-order valence-corrected chi connectivity index (χ4v) is 4.83. The first-order valence-electron chi connectivity index (χ1n) is 14.3. The van der Waals surface area contributed by atoms with Gasteiger partial charge in [0.2, 0.25) is 5.91 Å². The fraction of sp³-hybridized carbons (Fsp3) is 0.147. The molecule has 1 heterocycles. The molecule has 0 atom stereocenters. The van der Waals surface area contributed by atoms with E-state index in [9.17, 15) is 37.5 Å². The second-order valence-corrected chi connectivity index (χ2v) is 10.5. The summed E-state index contributed by atoms with van der Waals surface area (Å²) in [6.45, 7) is -0.704. The van der Waals surface area contributed by atoms with Gasteiger partial charge in [-0.1, -0.05) is 18.2 Å². The summed E-state index contributed by atoms with van der Waals surface area (Å²) in [5.74, 6) is -2.94. The molecular weight excluding hydrogens is 633 g/mol. The highest BCUT2D eigenvalue weighted by Gasteiger charge is 2.34. The number of carboxylic acid groups (broad SMARTS) is 1. The van der Waals surface area contributed by atoms with E-state index in [2.05, 4.69) is 15.3 Å². The fourth-order valence-electron chi connectivity index (χ4n) is 4.83. The van der Waals surface area contributed by atoms with Crippen LogP contribution in [0.5, 0.6) is 11.5 Å². The average Bonchev–Trinajstić information content (AvgIpc) is 3.53. The number of rotatable bonds is 11. The number of aliphatic carboxylic acids is 1. The molecule has 14 heteroatoms. The van der Waals surface area contributed by atoms with Gasteiger partial charge in [0.1, 0.15) is 18.0 Å². The third-order valence-electron chi connectivity index (χ3n) is 7.17. The molecular formula is C34H27F3N4O7. The Hall–Kier alpha value is -6.18. The Morgan fingerprint density at radius 2 is 1.58 bits per heavy atom. The molecule has 0 fully saturated rings. The van der Waals surface area contributed by atoms with E-state index in [1.54, 1.807) is 30.3 Å². The highest BCUT2D eigenvalue weighted by Crippen LogP contribution is 2.35. The van der Waals surface area contributed by atoms with Gasteiger partial charge in [0.25, 0.3) is 5.91 Å². The van der Waals surface area contributed by atoms with Gasteiger partial charge in [-0.05, 0) is 77.9 Å². The number of carbonyl (C=O) groups excluding carboxylic acids is 3. The standard InChI is InChI=1S/C34H27F3N4O7/c1-47-26-12-6-22(27(16-26)34(35,36)37)15-30(42)40-24-8-4-21(5-9-24)32(45)41(18-31(43)44)17-20-2-10-25(11-3-20)48-33(46)23-7-13-28-29(14-23)39-19-38-28/h2-14,16,19H,15,17-18H2,1H3,(H,38,39)(H,40,42)(H,43,44). The average molecular weight is 661 g/mol. The number of nitrogens with one attached hydrogen (secondary N) is 2. The molecule has 0 spiro atoms. The summed E-state index contributed by atoms with van der Waals surface area (Å²) in [6, 6.07) is 19.9. The number of aromatic amines is 1. The van der Waals surface area contributed by atoms with Crippen LogP contribution in [0.3, 0.4) is 0 Å². The number of anilines is 1. The molecule has 0 aliphatic carbocycles. The third-order valence-corrected chi connectivity index (χ3v) is 7.17. The Kier molecular flexibility index (Phi) is 9.73. The number of amides is 2. The summed E-state index contributed by atoms with van der Waals surface area (Å²) in [7, 11) is 1.24. The maximum Gasteiger partial charge on any atom is 0.416 e. The van der Waals surface area contributed by atoms with E-state index < -0.39 is 48.5 Å². The largest absolute Gasteiger partial charge is 0.497 e. The molecule has 0 unspecified atom stereocenters. The Bertz CT molecular complexity index is 1970. The number of ether oxygens (including phenoxy) is 2. The number of carboxylic acids is 1. The minimum Gasteiger partial charge on any atom is -0.497 e. The van der Waals surface area contributed by atoms with E-state index in [1.807, 2.05) is 0 Å². The number of carbonyl (C=O) groups is 4. The van der Waals surface area contributed by atoms with Crippen molar-refractivity contribution in [2.75, 3.05) is 19.0 Å². The number of nitrogens with zero attached hydrogens (tertiary/aromatic N) is 2. The van der Waals surface area contributed by atoms with Gasteiger partial charge in [-0.2, -0.15) is 13.2 Å². The number of esters is 1. The van der Waals surface area contributed by atoms with E-state index >= 15 is 0 Å². The van der Waals surface area contributed by atoms with Gasteiger partial charge < -0.3 is 29.8 Å². The number of alkyl halides is 3. The van der Waals surface area contributed by atoms with Crippen molar-refractivity contribution < 1.29 is 46.9 Å². The number of imidazole rings is 1. The molecule has 1 aromatic heterocycles. The molecule has 246 valence electrons. The number of fused-ring (bicyclic) bond motifs is 1. The van der Waals surface area contributed by atoms with Crippen LogP contribution in [0.15, 0.2) is 91.3 Å². The zero-order valence-corrected chi connectivity index (χ0v) is 25.2. The highest BCUT2D eigenvalue weighted by atomic mass is 19.4. The molecule has 0 bridgehead atoms. The molecule has 48 heavy (non-hydrogen) atoms. The van der Waals surface area contributed by atoms with E-state index in [4.69, 9.17) is 9.47 Å². The van der Waals surface area contributed by atoms with Gasteiger partial charge in [0, 0.05) is 17.8 Å². The first-order chi connectivity index (χ1) is 22.9. The Balaban J connectivity index is 1.21. The number of hydrogen-bond acceptors (Lipinski definition) is 7. The Labute approximate surface area is 270 Å². The van der Waals surface area contributed by atoms with Crippen molar-refractivity contribution in [3.63, 3.8) is 0 Å². The summed E-state index contributed by atoms with van der Waals surface area (Å²) in [5, 5.41) is 11.9. The summed E-state index contributed by atoms with van der Waals surface area (Å²) >= 11 is 0. The lowest BCUT2D eigenvalue weighted by Crippen LogP contribution is -2.35. The highest BCUT2D eigenvalue weighted by molar-refractivity contribution is 5.97. The zero-order chi connectivity index (χ0) is 34.4. The van der Waals surface area contributed by atoms with Gasteiger partial charge in [-0.15, -0.1) is 0 Å². The minimum absolute atomic E-state index is 0.00169. The lowest BCUT2D eigenvalue weighted by atomic mass is 10.0. The van der Waals surface area contributed by atoms with Crippen LogP contribution in [0.4, 0.5) is 18.9 Å². The molecule has 0 saturated carbocycles. The van der Waals surface area contributed by atoms with E-state index in [0.717, 1.165) is 16.5 Å². The van der Waals surface area contributed by atoms with Crippen molar-refractivity contribution >= 4 is 40.5 Å². The smallest absolute Gasteiger partial charge is 0.416 e. The van der Waals surface area contributed by atoms with Crippen LogP contribution >= 0.6 is 0 Å². The molecule has 0 aliphatic heterocycles. The lowest BCUT2D eigenvalue weighted by molar-refractivity contribution is -0.139. The number of benzene rings is 4. The molecule has 0 radical (unpaired) electrons. The first-order valence-corrected chi connectivity index (χ1v) is 14.3. The van der Waals surface area contributed by atoms with Gasteiger partial charge in [-0.3, -0.25) is 14.4 Å². The third kappa shape index (κ3) is 8.15. The predicted octanol–water partition coefficient (Wildman–Crippen LogP) is 5.72. The van der Waals surface area contributed by atoms with Crippen molar-refractivity contribution in [1.82, 2.24) is 14.9 Å². The number of aromatic nitrogens is 2. The van der Waals surface area contributed by atoms with Crippen LogP contribution in [0.2, 0.25) is 0 Å². The Morgan fingerprint density at radius 3 is 2.25 bits per heavy atom. The Morgan fingerprint density at radius 1 is 0.896 bits per heavy atom. The molecule has 11 nitrogen and oxygen atoms in total. The summed E-state index contributed by atoms with van der Waals surface area (Å²) in [4.78, 5) is 58.2. The minimum atomic E-state index is -4.69. The van der Waals surface area contributed by atoms with Crippen molar-refractivity contribution in [2.45, 2.75) is 19.1 Å². The van der Waals surface area contributed by atoms with Gasteiger partial charge in [0.15, 0.2) is 0 Å². The van der Waals surface area contributed by atoms with Crippen LogP contribution in [0, 0.1) is 0 Å². The van der Waals surface area contributed by atoms with E-state index in [-0.39, 0.29) is 34.9 Å². The number of halogens is 3. The normalized spacial score (nSPS) is 11.2. The number of methoxy groups -OCH3 is 1. The van der Waals surface area contributed by atoms with E-state index in [0.29, 0.717) is 16.6 Å². The molecule has 4 aromatic carbocycles. The monoisotopic (exact) mass is 660 g/mol. The van der Waals surface area contributed by atoms with Crippen LogP contribution in [-0.4, -0.2) is 57.4 Å². The van der Waals surface area contributed by atoms with Crippen LogP contribution in [0.25, 0.3) is 11.0 Å². The number of H-pyrrole nitrogens is 1. The second-order valence-electron chi connectivity index (χ2n) is 10.5. The molecule has 3 N–H and O–H groups in total. The van der Waals surface area contributed by atoms with E-state index in [1.165, 1.54) is 62.0 Å². The SMILES string of the molecule is COc1ccc(CC(=O)Nc2ccc(C(=O)N(CC(=O)O)Cc3ccc(OC(=O)c4ccc5[nH]cnc5c4)cc3)cc2)c(C(F)(F)F)c1. The second kappa shape index (κ2) is 14.1. The summed E-state index contributed by atoms with van der Waals surface area (Å²) in [6.07, 6.45) is -3.75. The summed E-state index contributed by atoms with van der Waals surface area (Å²) < 4.78 is 50.8. The quantitative estimate of drug-likeness (QED) is 0.120. The molecule has 0 saturated heterocycles. The van der Waals surface area contributed by atoms with Crippen LogP contribution < -0.4 is 14.8 Å². The lowest BCUT2D eigenvalue weighted by Gasteiger charge is -2.21. The molecule has 0 aliphatic rings. The first kappa shape index (κ1) is 33.2. The maximum absolute atomic E-state index is 13.5. The van der Waals surface area contributed by atoms with Crippen molar-refractivity contribution in [2.24, 2.45) is 0 Å². The van der Waals surface area contributed by atoms with Gasteiger partial charge >= 0.3 is 18.1 Å². The van der Waals surface area contributed by atoms with Crippen LogP contribution in [0.1, 0.15) is 37.4 Å². The topological polar surface area (TPSA) is 151 Å². The van der Waals surface area contributed by atoms with Crippen molar-refractivity contribution in [3.8, 4) is 11.5 Å². The summed E-state index contributed by atoms with van der Waals surface area (Å²) in [5.41, 5.74) is 1.34. The van der Waals surface area contributed by atoms with Gasteiger partial charge in [0.05, 0.1) is 42.0 Å². The maximum atomic E-state index is 13.5. The van der Waals surface area contributed by atoms with Crippen LogP contribution in [-0.2, 0) is 28.7 Å². The van der Waals surface area contributed by atoms with Crippen molar-refractivity contribution in [3.05, 3.63) is 119 Å². The number of hydrogen-bond donors (Lipinski definition) is 3.